The number of imide groups is 1. The number of nitrogens with one attached hydrogen (secondary N) is 3. The zero-order valence-electron chi connectivity index (χ0n) is 22.5. The van der Waals surface area contributed by atoms with Crippen LogP contribution in [0, 0.1) is 0 Å². The maximum atomic E-state index is 13.3. The molecule has 5 rings (SSSR count). The van der Waals surface area contributed by atoms with Crippen molar-refractivity contribution in [3.05, 3.63) is 77.9 Å². The van der Waals surface area contributed by atoms with Gasteiger partial charge in [-0.1, -0.05) is 48.5 Å². The summed E-state index contributed by atoms with van der Waals surface area (Å²) < 4.78 is 5.60. The van der Waals surface area contributed by atoms with Crippen LogP contribution < -0.4 is 10.6 Å². The van der Waals surface area contributed by atoms with Crippen LogP contribution in [0.3, 0.4) is 0 Å². The van der Waals surface area contributed by atoms with Crippen LogP contribution in [0.15, 0.2) is 61.1 Å². The smallest absolute Gasteiger partial charge is 0.407 e. The van der Waals surface area contributed by atoms with E-state index in [1.54, 1.807) is 0 Å². The maximum absolute atomic E-state index is 13.3. The molecule has 2 heterocycles. The Morgan fingerprint density at radius 2 is 1.63 bits per heavy atom. The van der Waals surface area contributed by atoms with Gasteiger partial charge in [0.1, 0.15) is 18.2 Å². The summed E-state index contributed by atoms with van der Waals surface area (Å²) in [5.41, 5.74) is 3.17. The molecule has 0 saturated carbocycles. The monoisotopic (exact) mass is 559 g/mol. The van der Waals surface area contributed by atoms with Gasteiger partial charge in [0.25, 0.3) is 11.8 Å². The van der Waals surface area contributed by atoms with Gasteiger partial charge in [-0.15, -0.1) is 5.06 Å². The van der Waals surface area contributed by atoms with Gasteiger partial charge in [-0.2, -0.15) is 0 Å². The lowest BCUT2D eigenvalue weighted by Crippen LogP contribution is -2.58. The van der Waals surface area contributed by atoms with Crippen molar-refractivity contribution in [2.75, 3.05) is 6.61 Å². The second kappa shape index (κ2) is 11.2. The molecule has 1 fully saturated rings. The van der Waals surface area contributed by atoms with E-state index in [4.69, 9.17) is 9.57 Å². The Morgan fingerprint density at radius 3 is 2.22 bits per heavy atom. The predicted molar refractivity (Wildman–Crippen MR) is 144 cm³/mol. The first-order valence-corrected chi connectivity index (χ1v) is 13.1. The first kappa shape index (κ1) is 27.6. The predicted octanol–water partition coefficient (Wildman–Crippen LogP) is 2.36. The number of rotatable bonds is 9. The van der Waals surface area contributed by atoms with Gasteiger partial charge in [-0.3, -0.25) is 14.4 Å². The molecule has 1 aromatic heterocycles. The van der Waals surface area contributed by atoms with Crippen molar-refractivity contribution in [1.82, 2.24) is 25.7 Å². The van der Waals surface area contributed by atoms with Crippen LogP contribution in [-0.4, -0.2) is 63.0 Å². The Morgan fingerprint density at radius 1 is 1.02 bits per heavy atom. The van der Waals surface area contributed by atoms with Crippen LogP contribution in [0.1, 0.15) is 49.4 Å². The lowest BCUT2D eigenvalue weighted by atomic mass is 9.98. The Labute approximate surface area is 235 Å². The van der Waals surface area contributed by atoms with Crippen molar-refractivity contribution in [1.29, 1.82) is 0 Å². The van der Waals surface area contributed by atoms with E-state index in [1.165, 1.54) is 26.4 Å². The quantitative estimate of drug-likeness (QED) is 0.337. The van der Waals surface area contributed by atoms with Crippen LogP contribution in [0.5, 0.6) is 0 Å². The number of H-pyrrole nitrogens is 1. The third-order valence-corrected chi connectivity index (χ3v) is 7.06. The molecule has 0 radical (unpaired) electrons. The van der Waals surface area contributed by atoms with E-state index >= 15 is 0 Å². The Hall–Kier alpha value is -5.00. The number of carbonyl (C=O) groups excluding carboxylic acids is 5. The molecule has 2 aromatic carbocycles. The highest BCUT2D eigenvalue weighted by molar-refractivity contribution is 6.02. The van der Waals surface area contributed by atoms with Crippen LogP contribution in [-0.2, 0) is 35.2 Å². The third-order valence-electron chi connectivity index (χ3n) is 7.06. The van der Waals surface area contributed by atoms with Crippen LogP contribution in [0.4, 0.5) is 4.79 Å². The summed E-state index contributed by atoms with van der Waals surface area (Å²) in [4.78, 5) is 74.5. The van der Waals surface area contributed by atoms with Crippen molar-refractivity contribution >= 4 is 29.8 Å². The number of ether oxygens (including phenoxy) is 1. The van der Waals surface area contributed by atoms with Gasteiger partial charge >= 0.3 is 12.1 Å². The summed E-state index contributed by atoms with van der Waals surface area (Å²) in [6.07, 6.45) is 2.02. The van der Waals surface area contributed by atoms with Crippen molar-refractivity contribution < 1.29 is 33.5 Å². The van der Waals surface area contributed by atoms with Gasteiger partial charge < -0.3 is 25.2 Å². The highest BCUT2D eigenvalue weighted by atomic mass is 16.7. The van der Waals surface area contributed by atoms with Crippen LogP contribution in [0.25, 0.3) is 11.1 Å². The topological polar surface area (TPSA) is 160 Å². The minimum absolute atomic E-state index is 0.0181. The summed E-state index contributed by atoms with van der Waals surface area (Å²) in [5.74, 6) is -3.18. The van der Waals surface area contributed by atoms with E-state index in [2.05, 4.69) is 20.6 Å². The molecule has 1 atom stereocenters. The molecule has 0 unspecified atom stereocenters. The van der Waals surface area contributed by atoms with Gasteiger partial charge in [0, 0.05) is 37.1 Å². The number of hydroxylamine groups is 2. The molecule has 1 aliphatic carbocycles. The van der Waals surface area contributed by atoms with Gasteiger partial charge in [0.2, 0.25) is 5.91 Å². The van der Waals surface area contributed by atoms with E-state index < -0.39 is 41.4 Å². The summed E-state index contributed by atoms with van der Waals surface area (Å²) in [5, 5.41) is 5.53. The van der Waals surface area contributed by atoms with E-state index in [1.807, 2.05) is 48.5 Å². The number of amides is 4. The highest BCUT2D eigenvalue weighted by Gasteiger charge is 2.40. The molecule has 1 saturated heterocycles. The van der Waals surface area contributed by atoms with E-state index in [9.17, 15) is 24.0 Å². The molecule has 1 aliphatic heterocycles. The molecule has 0 spiro atoms. The maximum Gasteiger partial charge on any atom is 0.407 e. The largest absolute Gasteiger partial charge is 0.449 e. The second-order valence-corrected chi connectivity index (χ2v) is 10.4. The molecule has 0 bridgehead atoms. The first-order chi connectivity index (χ1) is 19.6. The third kappa shape index (κ3) is 5.81. The number of nitrogens with zero attached hydrogens (tertiary/aromatic N) is 2. The summed E-state index contributed by atoms with van der Waals surface area (Å²) in [6.45, 7) is 2.77. The molecule has 41 heavy (non-hydrogen) atoms. The zero-order valence-corrected chi connectivity index (χ0v) is 22.5. The highest BCUT2D eigenvalue weighted by Crippen LogP contribution is 2.44. The number of carbonyl (C=O) groups is 5. The number of benzene rings is 2. The average molecular weight is 560 g/mol. The summed E-state index contributed by atoms with van der Waals surface area (Å²) in [7, 11) is 0. The first-order valence-electron chi connectivity index (χ1n) is 13.1. The fourth-order valence-corrected chi connectivity index (χ4v) is 4.91. The van der Waals surface area contributed by atoms with Crippen molar-refractivity contribution in [2.24, 2.45) is 0 Å². The average Bonchev–Trinajstić information content (AvgIpc) is 3.66. The Balaban J connectivity index is 1.25. The molecular weight excluding hydrogens is 530 g/mol. The van der Waals surface area contributed by atoms with Crippen LogP contribution in [0.2, 0.25) is 0 Å². The molecule has 4 amide bonds. The summed E-state index contributed by atoms with van der Waals surface area (Å²) >= 11 is 0. The van der Waals surface area contributed by atoms with Crippen molar-refractivity contribution in [2.45, 2.75) is 50.6 Å². The molecule has 12 nitrogen and oxygen atoms in total. The van der Waals surface area contributed by atoms with E-state index in [-0.39, 0.29) is 31.8 Å². The van der Waals surface area contributed by atoms with Gasteiger partial charge in [0.05, 0.1) is 6.33 Å². The van der Waals surface area contributed by atoms with Crippen LogP contribution >= 0.6 is 0 Å². The Kier molecular flexibility index (Phi) is 7.56. The SMILES string of the molecule is CC(C)(NC(=O)[C@H](Cc1cnc[nH]1)NC(=O)OCC1c2ccccc2-c2ccccc21)C(=O)ON1C(=O)CCC1=O. The zero-order chi connectivity index (χ0) is 29.1. The summed E-state index contributed by atoms with van der Waals surface area (Å²) in [6, 6.07) is 14.7. The number of aromatic nitrogens is 2. The lowest BCUT2D eigenvalue weighted by molar-refractivity contribution is -0.201. The van der Waals surface area contributed by atoms with Crippen molar-refractivity contribution in [3.63, 3.8) is 0 Å². The molecular formula is C29H29N5O7. The molecule has 2 aliphatic rings. The van der Waals surface area contributed by atoms with Gasteiger partial charge in [0.15, 0.2) is 0 Å². The van der Waals surface area contributed by atoms with E-state index in [0.717, 1.165) is 22.3 Å². The van der Waals surface area contributed by atoms with Gasteiger partial charge in [-0.25, -0.2) is 14.6 Å². The minimum atomic E-state index is -1.64. The Bertz CT molecular complexity index is 1440. The van der Waals surface area contributed by atoms with E-state index in [0.29, 0.717) is 10.8 Å². The number of alkyl carbamates (subject to hydrolysis) is 1. The number of hydrogen-bond acceptors (Lipinski definition) is 8. The molecule has 12 heteroatoms. The number of fused-ring (bicyclic) bond motifs is 3. The molecule has 3 N–H and O–H groups in total. The fraction of sp³-hybridized carbons (Fsp3) is 0.310. The second-order valence-electron chi connectivity index (χ2n) is 10.4. The lowest BCUT2D eigenvalue weighted by Gasteiger charge is -2.28. The number of aromatic amines is 1. The van der Waals surface area contributed by atoms with Gasteiger partial charge in [-0.05, 0) is 36.1 Å². The number of hydrogen-bond donors (Lipinski definition) is 3. The standard InChI is InChI=1S/C29H29N5O7/c1-29(2,27(38)41-34-24(35)11-12-25(34)36)33-26(37)23(13-17-14-30-16-31-17)32-28(39)40-15-22-20-9-5-3-7-18(20)19-8-4-6-10-21(19)22/h3-10,14,16,22-23H,11-13,15H2,1-2H3,(H,30,31)(H,32,39)(H,33,37)/t23-/m0/s1. The number of imidazole rings is 1. The van der Waals surface area contributed by atoms with Crippen molar-refractivity contribution in [3.8, 4) is 11.1 Å². The fourth-order valence-electron chi connectivity index (χ4n) is 4.91. The normalized spacial score (nSPS) is 15.2. The minimum Gasteiger partial charge on any atom is -0.449 e. The molecule has 212 valence electrons. The molecule has 3 aromatic rings.